The SMILES string of the molecule is CCC[C@H](C)C(=O)Nc1ccc([C@@H](C)CC)cc1. The minimum atomic E-state index is 0.0873. The molecule has 0 unspecified atom stereocenters. The zero-order valence-corrected chi connectivity index (χ0v) is 12.0. The lowest BCUT2D eigenvalue weighted by molar-refractivity contribution is -0.119. The fraction of sp³-hybridized carbons (Fsp3) is 0.562. The molecule has 1 N–H and O–H groups in total. The molecule has 2 nitrogen and oxygen atoms in total. The standard InChI is InChI=1S/C16H25NO/c1-5-7-13(4)16(18)17-15-10-8-14(9-11-15)12(3)6-2/h8-13H,5-7H2,1-4H3,(H,17,18)/t12-,13-/m0/s1. The first kappa shape index (κ1) is 14.7. The number of amides is 1. The second kappa shape index (κ2) is 7.20. The number of carbonyl (C=O) groups is 1. The van der Waals surface area contributed by atoms with E-state index in [-0.39, 0.29) is 11.8 Å². The Morgan fingerprint density at radius 1 is 1.17 bits per heavy atom. The summed E-state index contributed by atoms with van der Waals surface area (Å²) in [6, 6.07) is 8.21. The average Bonchev–Trinajstić information content (AvgIpc) is 2.39. The third-order valence-corrected chi connectivity index (χ3v) is 3.53. The summed E-state index contributed by atoms with van der Waals surface area (Å²) in [4.78, 5) is 11.9. The van der Waals surface area contributed by atoms with Gasteiger partial charge in [-0.2, -0.15) is 0 Å². The first-order valence-electron chi connectivity index (χ1n) is 6.99. The Labute approximate surface area is 111 Å². The van der Waals surface area contributed by atoms with Crippen molar-refractivity contribution in [2.24, 2.45) is 5.92 Å². The molecule has 1 aromatic carbocycles. The third-order valence-electron chi connectivity index (χ3n) is 3.53. The molecule has 0 heterocycles. The van der Waals surface area contributed by atoms with Gasteiger partial charge in [0.2, 0.25) is 5.91 Å². The van der Waals surface area contributed by atoms with Crippen molar-refractivity contribution in [3.05, 3.63) is 29.8 Å². The molecule has 0 bridgehead atoms. The van der Waals surface area contributed by atoms with Crippen LogP contribution in [0.3, 0.4) is 0 Å². The topological polar surface area (TPSA) is 29.1 Å². The highest BCUT2D eigenvalue weighted by Crippen LogP contribution is 2.21. The smallest absolute Gasteiger partial charge is 0.227 e. The fourth-order valence-corrected chi connectivity index (χ4v) is 1.96. The van der Waals surface area contributed by atoms with Crippen molar-refractivity contribution in [2.45, 2.75) is 52.9 Å². The van der Waals surface area contributed by atoms with Crippen molar-refractivity contribution < 1.29 is 4.79 Å². The van der Waals surface area contributed by atoms with Crippen molar-refractivity contribution in [3.63, 3.8) is 0 Å². The van der Waals surface area contributed by atoms with Gasteiger partial charge in [0.05, 0.1) is 0 Å². The van der Waals surface area contributed by atoms with Gasteiger partial charge >= 0.3 is 0 Å². The minimum Gasteiger partial charge on any atom is -0.326 e. The van der Waals surface area contributed by atoms with E-state index in [1.807, 2.05) is 19.1 Å². The van der Waals surface area contributed by atoms with E-state index in [1.165, 1.54) is 5.56 Å². The summed E-state index contributed by atoms with van der Waals surface area (Å²) in [5.74, 6) is 0.783. The lowest BCUT2D eigenvalue weighted by Crippen LogP contribution is -2.20. The molecule has 1 amide bonds. The zero-order valence-electron chi connectivity index (χ0n) is 12.0. The molecular weight excluding hydrogens is 222 g/mol. The maximum atomic E-state index is 11.9. The first-order valence-corrected chi connectivity index (χ1v) is 6.99. The van der Waals surface area contributed by atoms with Crippen LogP contribution in [0, 0.1) is 5.92 Å². The molecule has 0 radical (unpaired) electrons. The van der Waals surface area contributed by atoms with E-state index < -0.39 is 0 Å². The second-order valence-corrected chi connectivity index (χ2v) is 5.11. The Bertz CT molecular complexity index is 369. The normalized spacial score (nSPS) is 14.0. The minimum absolute atomic E-state index is 0.0873. The third kappa shape index (κ3) is 4.17. The van der Waals surface area contributed by atoms with Crippen LogP contribution < -0.4 is 5.32 Å². The van der Waals surface area contributed by atoms with Gasteiger partial charge in [-0.15, -0.1) is 0 Å². The van der Waals surface area contributed by atoms with Gasteiger partial charge in [0.25, 0.3) is 0 Å². The van der Waals surface area contributed by atoms with Gasteiger partial charge in [-0.25, -0.2) is 0 Å². The fourth-order valence-electron chi connectivity index (χ4n) is 1.96. The quantitative estimate of drug-likeness (QED) is 0.783. The molecular formula is C16H25NO. The van der Waals surface area contributed by atoms with Gasteiger partial charge in [-0.05, 0) is 36.5 Å². The van der Waals surface area contributed by atoms with Crippen LogP contribution in [0.25, 0.3) is 0 Å². The highest BCUT2D eigenvalue weighted by molar-refractivity contribution is 5.92. The highest BCUT2D eigenvalue weighted by atomic mass is 16.1. The number of rotatable bonds is 6. The number of nitrogens with one attached hydrogen (secondary N) is 1. The van der Waals surface area contributed by atoms with Crippen molar-refractivity contribution in [1.29, 1.82) is 0 Å². The predicted octanol–water partition coefficient (Wildman–Crippen LogP) is 4.57. The lowest BCUT2D eigenvalue weighted by atomic mass is 9.98. The van der Waals surface area contributed by atoms with E-state index >= 15 is 0 Å². The monoisotopic (exact) mass is 247 g/mol. The van der Waals surface area contributed by atoms with Crippen LogP contribution in [0.4, 0.5) is 5.69 Å². The lowest BCUT2D eigenvalue weighted by Gasteiger charge is -2.13. The van der Waals surface area contributed by atoms with Gasteiger partial charge < -0.3 is 5.32 Å². The summed E-state index contributed by atoms with van der Waals surface area (Å²) in [6.45, 7) is 8.49. The Morgan fingerprint density at radius 3 is 2.28 bits per heavy atom. The summed E-state index contributed by atoms with van der Waals surface area (Å²) >= 11 is 0. The zero-order chi connectivity index (χ0) is 13.5. The highest BCUT2D eigenvalue weighted by Gasteiger charge is 2.11. The summed E-state index contributed by atoms with van der Waals surface area (Å²) in [7, 11) is 0. The molecule has 0 spiro atoms. The largest absolute Gasteiger partial charge is 0.326 e. The molecule has 0 aromatic heterocycles. The van der Waals surface area contributed by atoms with Crippen LogP contribution in [0.2, 0.25) is 0 Å². The number of hydrogen-bond acceptors (Lipinski definition) is 1. The van der Waals surface area contributed by atoms with Gasteiger partial charge in [0.1, 0.15) is 0 Å². The van der Waals surface area contributed by atoms with Crippen molar-refractivity contribution in [1.82, 2.24) is 0 Å². The molecule has 2 heteroatoms. The van der Waals surface area contributed by atoms with Crippen LogP contribution in [-0.2, 0) is 4.79 Å². The summed E-state index contributed by atoms with van der Waals surface area (Å²) < 4.78 is 0. The van der Waals surface area contributed by atoms with Gasteiger partial charge in [0, 0.05) is 11.6 Å². The van der Waals surface area contributed by atoms with Crippen molar-refractivity contribution >= 4 is 11.6 Å². The van der Waals surface area contributed by atoms with E-state index in [4.69, 9.17) is 0 Å². The molecule has 0 fully saturated rings. The second-order valence-electron chi connectivity index (χ2n) is 5.11. The molecule has 1 aromatic rings. The van der Waals surface area contributed by atoms with E-state index in [0.29, 0.717) is 5.92 Å². The first-order chi connectivity index (χ1) is 8.58. The molecule has 0 aliphatic carbocycles. The Balaban J connectivity index is 2.61. The molecule has 0 saturated carbocycles. The van der Waals surface area contributed by atoms with E-state index in [2.05, 4.69) is 38.2 Å². The Kier molecular flexibility index (Phi) is 5.90. The molecule has 1 rings (SSSR count). The van der Waals surface area contributed by atoms with Crippen LogP contribution in [-0.4, -0.2) is 5.91 Å². The van der Waals surface area contributed by atoms with Crippen molar-refractivity contribution in [3.8, 4) is 0 Å². The predicted molar refractivity (Wildman–Crippen MR) is 77.8 cm³/mol. The maximum Gasteiger partial charge on any atom is 0.227 e. The number of hydrogen-bond donors (Lipinski definition) is 1. The van der Waals surface area contributed by atoms with Crippen LogP contribution in [0.15, 0.2) is 24.3 Å². The number of benzene rings is 1. The summed E-state index contributed by atoms with van der Waals surface area (Å²) in [5, 5.41) is 2.97. The van der Waals surface area contributed by atoms with Gasteiger partial charge in [-0.3, -0.25) is 4.79 Å². The molecule has 2 atom stereocenters. The van der Waals surface area contributed by atoms with Crippen LogP contribution >= 0.6 is 0 Å². The number of anilines is 1. The van der Waals surface area contributed by atoms with E-state index in [0.717, 1.165) is 24.9 Å². The summed E-state index contributed by atoms with van der Waals surface area (Å²) in [5.41, 5.74) is 2.23. The van der Waals surface area contributed by atoms with E-state index in [1.54, 1.807) is 0 Å². The molecule has 100 valence electrons. The molecule has 0 aliphatic rings. The van der Waals surface area contributed by atoms with Gasteiger partial charge in [0.15, 0.2) is 0 Å². The maximum absolute atomic E-state index is 11.9. The Morgan fingerprint density at radius 2 is 1.78 bits per heavy atom. The summed E-state index contributed by atoms with van der Waals surface area (Å²) in [6.07, 6.45) is 3.12. The molecule has 18 heavy (non-hydrogen) atoms. The van der Waals surface area contributed by atoms with E-state index in [9.17, 15) is 4.79 Å². The number of carbonyl (C=O) groups excluding carboxylic acids is 1. The molecule has 0 aliphatic heterocycles. The van der Waals surface area contributed by atoms with Crippen molar-refractivity contribution in [2.75, 3.05) is 5.32 Å². The van der Waals surface area contributed by atoms with Gasteiger partial charge in [-0.1, -0.05) is 46.2 Å². The van der Waals surface area contributed by atoms with Crippen LogP contribution in [0.5, 0.6) is 0 Å². The average molecular weight is 247 g/mol. The van der Waals surface area contributed by atoms with Crippen LogP contribution in [0.1, 0.15) is 58.4 Å². The molecule has 0 saturated heterocycles. The Hall–Kier alpha value is -1.31.